The van der Waals surface area contributed by atoms with Crippen molar-refractivity contribution in [2.75, 3.05) is 12.4 Å². The highest BCUT2D eigenvalue weighted by Gasteiger charge is 2.12. The van der Waals surface area contributed by atoms with Crippen LogP contribution in [0.1, 0.15) is 15.9 Å². The van der Waals surface area contributed by atoms with Gasteiger partial charge in [-0.25, -0.2) is 0 Å². The fourth-order valence-corrected chi connectivity index (χ4v) is 2.31. The first kappa shape index (κ1) is 14.4. The molecule has 2 N–H and O–H groups in total. The molecule has 0 aromatic heterocycles. The average molecular weight is 336 g/mol. The molecule has 104 valence electrons. The van der Waals surface area contributed by atoms with E-state index in [0.717, 1.165) is 10.0 Å². The number of anilines is 1. The molecule has 0 aliphatic carbocycles. The monoisotopic (exact) mass is 335 g/mol. The van der Waals surface area contributed by atoms with E-state index in [2.05, 4.69) is 21.2 Å². The predicted octanol–water partition coefficient (Wildman–Crippen LogP) is 3.72. The van der Waals surface area contributed by atoms with Crippen LogP contribution in [0.4, 0.5) is 5.69 Å². The number of carbonyl (C=O) groups is 1. The van der Waals surface area contributed by atoms with Crippen molar-refractivity contribution in [1.29, 1.82) is 0 Å². The lowest BCUT2D eigenvalue weighted by atomic mass is 10.1. The van der Waals surface area contributed by atoms with Gasteiger partial charge in [0, 0.05) is 5.69 Å². The highest BCUT2D eigenvalue weighted by molar-refractivity contribution is 9.10. The Morgan fingerprint density at radius 2 is 2.00 bits per heavy atom. The number of ether oxygens (including phenoxy) is 1. The van der Waals surface area contributed by atoms with Crippen molar-refractivity contribution in [3.05, 3.63) is 52.0 Å². The van der Waals surface area contributed by atoms with Crippen LogP contribution in [0.15, 0.2) is 40.9 Å². The van der Waals surface area contributed by atoms with Crippen LogP contribution in [0.3, 0.4) is 0 Å². The maximum absolute atomic E-state index is 12.1. The first-order valence-electron chi connectivity index (χ1n) is 5.96. The number of carbonyl (C=O) groups excluding carboxylic acids is 1. The number of hydrogen-bond donors (Lipinski definition) is 2. The van der Waals surface area contributed by atoms with E-state index >= 15 is 0 Å². The number of phenolic OH excluding ortho intramolecular Hbond substituents is 1. The molecular weight excluding hydrogens is 322 g/mol. The normalized spacial score (nSPS) is 10.2. The van der Waals surface area contributed by atoms with Crippen LogP contribution in [0.5, 0.6) is 11.5 Å². The van der Waals surface area contributed by atoms with Crippen LogP contribution >= 0.6 is 15.9 Å². The van der Waals surface area contributed by atoms with Gasteiger partial charge in [-0.05, 0) is 53.2 Å². The minimum Gasteiger partial charge on any atom is -0.507 e. The van der Waals surface area contributed by atoms with E-state index in [-0.39, 0.29) is 17.2 Å². The summed E-state index contributed by atoms with van der Waals surface area (Å²) in [7, 11) is 1.57. The molecule has 0 fully saturated rings. The molecule has 5 heteroatoms. The van der Waals surface area contributed by atoms with Gasteiger partial charge >= 0.3 is 0 Å². The second kappa shape index (κ2) is 5.96. The Kier molecular flexibility index (Phi) is 4.29. The van der Waals surface area contributed by atoms with Crippen molar-refractivity contribution in [1.82, 2.24) is 0 Å². The molecule has 2 aromatic rings. The maximum atomic E-state index is 12.1. The Balaban J connectivity index is 2.23. The van der Waals surface area contributed by atoms with E-state index in [0.29, 0.717) is 11.4 Å². The first-order valence-corrected chi connectivity index (χ1v) is 6.75. The summed E-state index contributed by atoms with van der Waals surface area (Å²) in [6.07, 6.45) is 0. The molecule has 0 aliphatic heterocycles. The van der Waals surface area contributed by atoms with Crippen molar-refractivity contribution < 1.29 is 14.6 Å². The average Bonchev–Trinajstić information content (AvgIpc) is 2.41. The summed E-state index contributed by atoms with van der Waals surface area (Å²) < 4.78 is 5.87. The van der Waals surface area contributed by atoms with Gasteiger partial charge < -0.3 is 15.2 Å². The highest BCUT2D eigenvalue weighted by Crippen LogP contribution is 2.28. The van der Waals surface area contributed by atoms with E-state index in [1.807, 2.05) is 6.92 Å². The number of rotatable bonds is 3. The molecule has 0 spiro atoms. The molecule has 2 aromatic carbocycles. The zero-order valence-electron chi connectivity index (χ0n) is 11.1. The summed E-state index contributed by atoms with van der Waals surface area (Å²) in [6.45, 7) is 1.86. The minimum absolute atomic E-state index is 0.0410. The number of aromatic hydroxyl groups is 1. The summed E-state index contributed by atoms with van der Waals surface area (Å²) >= 11 is 3.35. The van der Waals surface area contributed by atoms with Crippen LogP contribution in [-0.4, -0.2) is 18.1 Å². The smallest absolute Gasteiger partial charge is 0.259 e. The first-order chi connectivity index (χ1) is 9.51. The zero-order valence-corrected chi connectivity index (χ0v) is 12.7. The lowest BCUT2D eigenvalue weighted by Crippen LogP contribution is -2.12. The summed E-state index contributed by atoms with van der Waals surface area (Å²) in [5.74, 6) is 0.283. The molecule has 0 radical (unpaired) electrons. The summed E-state index contributed by atoms with van der Waals surface area (Å²) in [6, 6.07) is 10.1. The second-order valence-electron chi connectivity index (χ2n) is 4.32. The molecule has 2 rings (SSSR count). The van der Waals surface area contributed by atoms with Crippen LogP contribution in [0.25, 0.3) is 0 Å². The molecule has 0 unspecified atom stereocenters. The van der Waals surface area contributed by atoms with Crippen LogP contribution in [0, 0.1) is 6.92 Å². The fraction of sp³-hybridized carbons (Fsp3) is 0.133. The van der Waals surface area contributed by atoms with Gasteiger partial charge in [0.15, 0.2) is 0 Å². The molecular formula is C15H14BrNO3. The van der Waals surface area contributed by atoms with Crippen LogP contribution in [0.2, 0.25) is 0 Å². The molecule has 1 amide bonds. The Bertz CT molecular complexity index is 656. The van der Waals surface area contributed by atoms with Crippen molar-refractivity contribution in [3.8, 4) is 11.5 Å². The van der Waals surface area contributed by atoms with Crippen molar-refractivity contribution in [2.24, 2.45) is 0 Å². The summed E-state index contributed by atoms with van der Waals surface area (Å²) in [5, 5.41) is 12.5. The summed E-state index contributed by atoms with van der Waals surface area (Å²) in [4.78, 5) is 12.1. The molecule has 0 saturated heterocycles. The molecule has 0 saturated carbocycles. The third-order valence-electron chi connectivity index (χ3n) is 2.81. The third-order valence-corrected chi connectivity index (χ3v) is 3.43. The predicted molar refractivity (Wildman–Crippen MR) is 81.5 cm³/mol. The number of hydrogen-bond acceptors (Lipinski definition) is 3. The van der Waals surface area contributed by atoms with Gasteiger partial charge in [-0.1, -0.05) is 11.6 Å². The lowest BCUT2D eigenvalue weighted by molar-refractivity contribution is 0.102. The van der Waals surface area contributed by atoms with E-state index in [9.17, 15) is 9.90 Å². The highest BCUT2D eigenvalue weighted by atomic mass is 79.9. The number of aryl methyl sites for hydroxylation is 1. The van der Waals surface area contributed by atoms with Crippen molar-refractivity contribution >= 4 is 27.5 Å². The van der Waals surface area contributed by atoms with Gasteiger partial charge in [-0.15, -0.1) is 0 Å². The van der Waals surface area contributed by atoms with Crippen LogP contribution < -0.4 is 10.1 Å². The Hall–Kier alpha value is -2.01. The summed E-state index contributed by atoms with van der Waals surface area (Å²) in [5.41, 5.74) is 1.77. The van der Waals surface area contributed by atoms with Gasteiger partial charge in [0.2, 0.25) is 0 Å². The lowest BCUT2D eigenvalue weighted by Gasteiger charge is -2.09. The number of phenols is 1. The van der Waals surface area contributed by atoms with Crippen LogP contribution in [-0.2, 0) is 0 Å². The number of benzene rings is 2. The van der Waals surface area contributed by atoms with E-state index in [4.69, 9.17) is 4.74 Å². The van der Waals surface area contributed by atoms with Gasteiger partial charge in [-0.3, -0.25) is 4.79 Å². The maximum Gasteiger partial charge on any atom is 0.259 e. The SMILES string of the molecule is COc1ccc(NC(=O)c2cc(C)ccc2O)cc1Br. The van der Waals surface area contributed by atoms with Crippen molar-refractivity contribution in [3.63, 3.8) is 0 Å². The number of nitrogens with one attached hydrogen (secondary N) is 1. The second-order valence-corrected chi connectivity index (χ2v) is 5.18. The molecule has 0 heterocycles. The minimum atomic E-state index is -0.358. The van der Waals surface area contributed by atoms with E-state index in [1.165, 1.54) is 6.07 Å². The van der Waals surface area contributed by atoms with E-state index in [1.54, 1.807) is 37.4 Å². The number of halogens is 1. The standard InChI is InChI=1S/C15H14BrNO3/c1-9-3-5-13(18)11(7-9)15(19)17-10-4-6-14(20-2)12(16)8-10/h3-8,18H,1-2H3,(H,17,19). The number of methoxy groups -OCH3 is 1. The van der Waals surface area contributed by atoms with Gasteiger partial charge in [0.25, 0.3) is 5.91 Å². The number of amides is 1. The topological polar surface area (TPSA) is 58.6 Å². The zero-order chi connectivity index (χ0) is 14.7. The Labute approximate surface area is 125 Å². The third kappa shape index (κ3) is 3.11. The van der Waals surface area contributed by atoms with E-state index < -0.39 is 0 Å². The Morgan fingerprint density at radius 3 is 2.65 bits per heavy atom. The van der Waals surface area contributed by atoms with Gasteiger partial charge in [0.05, 0.1) is 17.1 Å². The quantitative estimate of drug-likeness (QED) is 0.898. The van der Waals surface area contributed by atoms with Crippen molar-refractivity contribution in [2.45, 2.75) is 6.92 Å². The molecule has 0 bridgehead atoms. The fourth-order valence-electron chi connectivity index (χ4n) is 1.77. The Morgan fingerprint density at radius 1 is 1.25 bits per heavy atom. The molecule has 0 aliphatic rings. The molecule has 0 atom stereocenters. The molecule has 4 nitrogen and oxygen atoms in total. The molecule has 20 heavy (non-hydrogen) atoms. The van der Waals surface area contributed by atoms with Gasteiger partial charge in [-0.2, -0.15) is 0 Å². The van der Waals surface area contributed by atoms with Gasteiger partial charge in [0.1, 0.15) is 11.5 Å². The largest absolute Gasteiger partial charge is 0.507 e.